The number of nitrogens with one attached hydrogen (secondary N) is 1. The van der Waals surface area contributed by atoms with E-state index in [-0.39, 0.29) is 11.6 Å². The number of carbonyl (C=O) groups excluding carboxylic acids is 1. The van der Waals surface area contributed by atoms with Crippen molar-refractivity contribution in [2.45, 2.75) is 6.42 Å². The molecule has 0 heterocycles. The lowest BCUT2D eigenvalue weighted by Crippen LogP contribution is -2.26. The van der Waals surface area contributed by atoms with Crippen LogP contribution in [0.4, 0.5) is 5.69 Å². The molecule has 0 fully saturated rings. The topological polar surface area (TPSA) is 98.3 Å². The molecule has 0 atom stereocenters. The lowest BCUT2D eigenvalue weighted by atomic mass is 10.2. The summed E-state index contributed by atoms with van der Waals surface area (Å²) in [7, 11) is 0. The molecule has 0 saturated carbocycles. The molecule has 7 heteroatoms. The van der Waals surface area contributed by atoms with Crippen LogP contribution in [0, 0.1) is 13.7 Å². The van der Waals surface area contributed by atoms with Crippen molar-refractivity contribution in [3.63, 3.8) is 0 Å². The quantitative estimate of drug-likeness (QED) is 0.362. The fraction of sp³-hybridized carbons (Fsp3) is 0.300. The summed E-state index contributed by atoms with van der Waals surface area (Å²) in [6, 6.07) is 4.20. The summed E-state index contributed by atoms with van der Waals surface area (Å²) in [6.07, 6.45) is 0.678. The maximum atomic E-state index is 11.7. The summed E-state index contributed by atoms with van der Waals surface area (Å²) in [5, 5.41) is 13.3. The molecule has 17 heavy (non-hydrogen) atoms. The molecule has 3 N–H and O–H groups in total. The maximum Gasteiger partial charge on any atom is 0.270 e. The van der Waals surface area contributed by atoms with E-state index in [1.54, 1.807) is 6.07 Å². The minimum absolute atomic E-state index is 0.0885. The molecule has 92 valence electrons. The van der Waals surface area contributed by atoms with Gasteiger partial charge < -0.3 is 11.1 Å². The molecule has 0 aliphatic carbocycles. The molecule has 1 amide bonds. The van der Waals surface area contributed by atoms with Gasteiger partial charge in [-0.2, -0.15) is 0 Å². The van der Waals surface area contributed by atoms with Gasteiger partial charge in [0.05, 0.1) is 10.5 Å². The Hall–Kier alpha value is -1.22. The maximum absolute atomic E-state index is 11.7. The van der Waals surface area contributed by atoms with Crippen molar-refractivity contribution in [1.29, 1.82) is 0 Å². The molecule has 0 aliphatic heterocycles. The van der Waals surface area contributed by atoms with Gasteiger partial charge in [0.2, 0.25) is 0 Å². The minimum atomic E-state index is -0.521. The van der Waals surface area contributed by atoms with Crippen LogP contribution < -0.4 is 11.1 Å². The summed E-state index contributed by atoms with van der Waals surface area (Å²) in [5.41, 5.74) is 5.53. The Morgan fingerprint density at radius 2 is 2.24 bits per heavy atom. The number of hydrogen-bond donors (Lipinski definition) is 2. The number of halogens is 1. The molecule has 6 nitrogen and oxygen atoms in total. The summed E-state index contributed by atoms with van der Waals surface area (Å²) >= 11 is 1.97. The van der Waals surface area contributed by atoms with Crippen LogP contribution >= 0.6 is 22.6 Å². The lowest BCUT2D eigenvalue weighted by molar-refractivity contribution is -0.384. The Morgan fingerprint density at radius 1 is 1.53 bits per heavy atom. The summed E-state index contributed by atoms with van der Waals surface area (Å²) in [4.78, 5) is 21.8. The number of nitrogens with two attached hydrogens (primary N) is 1. The van der Waals surface area contributed by atoms with Crippen molar-refractivity contribution in [3.05, 3.63) is 37.4 Å². The Bertz CT molecular complexity index is 437. The fourth-order valence-corrected chi connectivity index (χ4v) is 1.78. The number of nitro groups is 1. The lowest BCUT2D eigenvalue weighted by Gasteiger charge is -2.06. The monoisotopic (exact) mass is 349 g/mol. The second-order valence-electron chi connectivity index (χ2n) is 3.32. The molecule has 0 aliphatic rings. The number of hydrogen-bond acceptors (Lipinski definition) is 4. The predicted octanol–water partition coefficient (Wildman–Crippen LogP) is 1.28. The van der Waals surface area contributed by atoms with Gasteiger partial charge in [-0.3, -0.25) is 14.9 Å². The van der Waals surface area contributed by atoms with Gasteiger partial charge in [0, 0.05) is 22.2 Å². The highest BCUT2D eigenvalue weighted by molar-refractivity contribution is 14.1. The van der Waals surface area contributed by atoms with E-state index in [0.29, 0.717) is 28.6 Å². The van der Waals surface area contributed by atoms with E-state index in [2.05, 4.69) is 5.32 Å². The summed E-state index contributed by atoms with van der Waals surface area (Å²) in [5.74, 6) is -0.313. The fourth-order valence-electron chi connectivity index (χ4n) is 1.20. The highest BCUT2D eigenvalue weighted by Gasteiger charge is 2.14. The standard InChI is InChI=1S/C10H12IN3O3/c11-9-3-2-7(14(16)17)6-8(9)10(15)13-5-1-4-12/h2-3,6H,1,4-5,12H2,(H,13,15). The Kier molecular flexibility index (Phi) is 5.29. The van der Waals surface area contributed by atoms with Crippen LogP contribution in [0.1, 0.15) is 16.8 Å². The van der Waals surface area contributed by atoms with Crippen molar-refractivity contribution in [1.82, 2.24) is 5.32 Å². The molecule has 0 spiro atoms. The van der Waals surface area contributed by atoms with Crippen molar-refractivity contribution >= 4 is 34.2 Å². The van der Waals surface area contributed by atoms with Gasteiger partial charge in [-0.15, -0.1) is 0 Å². The molecule has 1 aromatic rings. The summed E-state index contributed by atoms with van der Waals surface area (Å²) in [6.45, 7) is 0.959. The van der Waals surface area contributed by atoms with Gasteiger partial charge in [-0.25, -0.2) is 0 Å². The SMILES string of the molecule is NCCCNC(=O)c1cc([N+](=O)[O-])ccc1I. The largest absolute Gasteiger partial charge is 0.352 e. The molecular formula is C10H12IN3O3. The first-order chi connectivity index (χ1) is 8.06. The van der Waals surface area contributed by atoms with E-state index in [1.807, 2.05) is 22.6 Å². The molecule has 0 bridgehead atoms. The zero-order chi connectivity index (χ0) is 12.8. The number of amides is 1. The molecule has 0 aromatic heterocycles. The average Bonchev–Trinajstić information content (AvgIpc) is 2.29. The van der Waals surface area contributed by atoms with E-state index in [9.17, 15) is 14.9 Å². The third-order valence-electron chi connectivity index (χ3n) is 2.07. The second kappa shape index (κ2) is 6.50. The Labute approximate surface area is 112 Å². The number of carbonyl (C=O) groups is 1. The Balaban J connectivity index is 2.84. The van der Waals surface area contributed by atoms with Crippen molar-refractivity contribution in [3.8, 4) is 0 Å². The average molecular weight is 349 g/mol. The zero-order valence-corrected chi connectivity index (χ0v) is 11.1. The van der Waals surface area contributed by atoms with E-state index in [4.69, 9.17) is 5.73 Å². The number of nitrogens with zero attached hydrogens (tertiary/aromatic N) is 1. The molecule has 0 unspecified atom stereocenters. The van der Waals surface area contributed by atoms with Crippen molar-refractivity contribution in [2.75, 3.05) is 13.1 Å². The van der Waals surface area contributed by atoms with E-state index in [0.717, 1.165) is 0 Å². The van der Waals surface area contributed by atoms with Crippen LogP contribution in [0.25, 0.3) is 0 Å². The van der Waals surface area contributed by atoms with Crippen molar-refractivity contribution < 1.29 is 9.72 Å². The van der Waals surface area contributed by atoms with Gasteiger partial charge in [0.15, 0.2) is 0 Å². The first-order valence-electron chi connectivity index (χ1n) is 4.98. The molecular weight excluding hydrogens is 337 g/mol. The third-order valence-corrected chi connectivity index (χ3v) is 3.01. The van der Waals surface area contributed by atoms with Gasteiger partial charge in [-0.05, 0) is 41.6 Å². The van der Waals surface area contributed by atoms with Gasteiger partial charge in [-0.1, -0.05) is 0 Å². The van der Waals surface area contributed by atoms with Crippen LogP contribution in [-0.4, -0.2) is 23.9 Å². The molecule has 0 saturated heterocycles. The van der Waals surface area contributed by atoms with Crippen LogP contribution in [0.5, 0.6) is 0 Å². The van der Waals surface area contributed by atoms with Gasteiger partial charge in [0.1, 0.15) is 0 Å². The van der Waals surface area contributed by atoms with E-state index >= 15 is 0 Å². The normalized spacial score (nSPS) is 10.0. The van der Waals surface area contributed by atoms with Crippen molar-refractivity contribution in [2.24, 2.45) is 5.73 Å². The van der Waals surface area contributed by atoms with Crippen LogP contribution in [0.3, 0.4) is 0 Å². The minimum Gasteiger partial charge on any atom is -0.352 e. The first kappa shape index (κ1) is 13.8. The van der Waals surface area contributed by atoms with Crippen LogP contribution in [0.15, 0.2) is 18.2 Å². The van der Waals surface area contributed by atoms with Crippen LogP contribution in [-0.2, 0) is 0 Å². The number of nitro benzene ring substituents is 1. The van der Waals surface area contributed by atoms with Gasteiger partial charge >= 0.3 is 0 Å². The highest BCUT2D eigenvalue weighted by Crippen LogP contribution is 2.19. The summed E-state index contributed by atoms with van der Waals surface area (Å²) < 4.78 is 0.679. The number of rotatable bonds is 5. The van der Waals surface area contributed by atoms with Gasteiger partial charge in [0.25, 0.3) is 11.6 Å². The van der Waals surface area contributed by atoms with E-state index in [1.165, 1.54) is 12.1 Å². The number of benzene rings is 1. The van der Waals surface area contributed by atoms with Crippen LogP contribution in [0.2, 0.25) is 0 Å². The Morgan fingerprint density at radius 3 is 2.82 bits per heavy atom. The molecule has 1 aromatic carbocycles. The number of non-ortho nitro benzene ring substituents is 1. The zero-order valence-electron chi connectivity index (χ0n) is 8.98. The third kappa shape index (κ3) is 3.93. The highest BCUT2D eigenvalue weighted by atomic mass is 127. The predicted molar refractivity (Wildman–Crippen MR) is 71.8 cm³/mol. The molecule has 0 radical (unpaired) electrons. The molecule has 1 rings (SSSR count). The second-order valence-corrected chi connectivity index (χ2v) is 4.48. The first-order valence-corrected chi connectivity index (χ1v) is 6.06. The smallest absolute Gasteiger partial charge is 0.270 e. The van der Waals surface area contributed by atoms with E-state index < -0.39 is 4.92 Å².